The summed E-state index contributed by atoms with van der Waals surface area (Å²) in [6.45, 7) is -0.0776. The van der Waals surface area contributed by atoms with Crippen LogP contribution in [0.2, 0.25) is 5.02 Å². The molecule has 5 nitrogen and oxygen atoms in total. The van der Waals surface area contributed by atoms with Gasteiger partial charge in [0.25, 0.3) is 0 Å². The Kier molecular flexibility index (Phi) is 3.93. The van der Waals surface area contributed by atoms with Crippen molar-refractivity contribution in [1.29, 1.82) is 0 Å². The number of carbonyl (C=O) groups is 2. The molecule has 0 saturated carbocycles. The maximum absolute atomic E-state index is 10.7. The first-order chi connectivity index (χ1) is 7.09. The van der Waals surface area contributed by atoms with E-state index in [-0.39, 0.29) is 6.61 Å². The van der Waals surface area contributed by atoms with Gasteiger partial charge in [-0.1, -0.05) is 29.8 Å². The summed E-state index contributed by atoms with van der Waals surface area (Å²) in [5.74, 6) is 0. The molecule has 0 aliphatic carbocycles. The molecule has 1 amide bonds. The SMILES string of the molecule is NC(=O)OC(=O)OCc1ccccc1Cl. The fourth-order valence-corrected chi connectivity index (χ4v) is 1.05. The van der Waals surface area contributed by atoms with Crippen LogP contribution in [0, 0.1) is 0 Å². The quantitative estimate of drug-likeness (QED) is 0.622. The summed E-state index contributed by atoms with van der Waals surface area (Å²) in [7, 11) is 0. The largest absolute Gasteiger partial charge is 0.517 e. The van der Waals surface area contributed by atoms with Gasteiger partial charge in [-0.3, -0.25) is 0 Å². The fourth-order valence-electron chi connectivity index (χ4n) is 0.864. The number of ether oxygens (including phenoxy) is 2. The highest BCUT2D eigenvalue weighted by atomic mass is 35.5. The normalized spacial score (nSPS) is 9.40. The predicted octanol–water partition coefficient (Wildman–Crippen LogP) is 2.07. The first-order valence-corrected chi connectivity index (χ1v) is 4.35. The Labute approximate surface area is 90.7 Å². The highest BCUT2D eigenvalue weighted by molar-refractivity contribution is 6.31. The van der Waals surface area contributed by atoms with Crippen molar-refractivity contribution in [3.05, 3.63) is 34.9 Å². The third-order valence-electron chi connectivity index (χ3n) is 1.49. The minimum Gasteiger partial charge on any atom is -0.429 e. The molecule has 1 rings (SSSR count). The van der Waals surface area contributed by atoms with E-state index < -0.39 is 12.2 Å². The molecule has 6 heteroatoms. The predicted molar refractivity (Wildman–Crippen MR) is 52.3 cm³/mol. The highest BCUT2D eigenvalue weighted by Crippen LogP contribution is 2.15. The lowest BCUT2D eigenvalue weighted by molar-refractivity contribution is 0.0728. The number of nitrogens with two attached hydrogens (primary N) is 1. The standard InChI is InChI=1S/C9H8ClNO4/c10-7-4-2-1-3-6(7)5-14-9(13)15-8(11)12/h1-4H,5H2,(H2,11,12). The minimum atomic E-state index is -1.21. The lowest BCUT2D eigenvalue weighted by Gasteiger charge is -2.04. The van der Waals surface area contributed by atoms with Gasteiger partial charge in [-0.2, -0.15) is 0 Å². The van der Waals surface area contributed by atoms with Gasteiger partial charge in [-0.25, -0.2) is 9.59 Å². The van der Waals surface area contributed by atoms with E-state index >= 15 is 0 Å². The van der Waals surface area contributed by atoms with E-state index in [2.05, 4.69) is 15.2 Å². The minimum absolute atomic E-state index is 0.0776. The van der Waals surface area contributed by atoms with Gasteiger partial charge in [0, 0.05) is 10.6 Å². The van der Waals surface area contributed by atoms with Crippen LogP contribution in [0.3, 0.4) is 0 Å². The van der Waals surface area contributed by atoms with Crippen LogP contribution in [0.25, 0.3) is 0 Å². The number of benzene rings is 1. The van der Waals surface area contributed by atoms with Crippen molar-refractivity contribution in [3.8, 4) is 0 Å². The molecule has 0 fully saturated rings. The van der Waals surface area contributed by atoms with Crippen molar-refractivity contribution in [3.63, 3.8) is 0 Å². The molecular formula is C9H8ClNO4. The summed E-state index contributed by atoms with van der Waals surface area (Å²) in [6, 6.07) is 6.82. The van der Waals surface area contributed by atoms with Gasteiger partial charge < -0.3 is 15.2 Å². The van der Waals surface area contributed by atoms with Gasteiger partial charge in [0.15, 0.2) is 0 Å². The Hall–Kier alpha value is -1.75. The zero-order valence-corrected chi connectivity index (χ0v) is 8.36. The van der Waals surface area contributed by atoms with Gasteiger partial charge in [0.2, 0.25) is 0 Å². The maximum Gasteiger partial charge on any atom is 0.517 e. The molecule has 2 N–H and O–H groups in total. The van der Waals surface area contributed by atoms with E-state index in [1.807, 2.05) is 0 Å². The van der Waals surface area contributed by atoms with E-state index in [1.165, 1.54) is 0 Å². The van der Waals surface area contributed by atoms with Crippen LogP contribution in [-0.4, -0.2) is 12.2 Å². The average molecular weight is 230 g/mol. The average Bonchev–Trinajstić information content (AvgIpc) is 2.15. The topological polar surface area (TPSA) is 78.6 Å². The molecule has 1 aromatic rings. The molecule has 0 saturated heterocycles. The first kappa shape index (κ1) is 11.3. The van der Waals surface area contributed by atoms with E-state index in [0.29, 0.717) is 10.6 Å². The third-order valence-corrected chi connectivity index (χ3v) is 1.86. The Balaban J connectivity index is 2.47. The molecule has 0 aliphatic rings. The van der Waals surface area contributed by atoms with Gasteiger partial charge in [0.05, 0.1) is 0 Å². The molecule has 0 aliphatic heterocycles. The second-order valence-corrected chi connectivity index (χ2v) is 2.96. The van der Waals surface area contributed by atoms with E-state index in [0.717, 1.165) is 0 Å². The molecule has 80 valence electrons. The lowest BCUT2D eigenvalue weighted by atomic mass is 10.2. The van der Waals surface area contributed by atoms with Crippen LogP contribution in [0.15, 0.2) is 24.3 Å². The number of rotatable bonds is 2. The Morgan fingerprint density at radius 2 is 2.00 bits per heavy atom. The summed E-state index contributed by atoms with van der Waals surface area (Å²) in [6.07, 6.45) is -2.36. The number of carbonyl (C=O) groups excluding carboxylic acids is 2. The molecule has 0 unspecified atom stereocenters. The molecule has 15 heavy (non-hydrogen) atoms. The summed E-state index contributed by atoms with van der Waals surface area (Å²) in [4.78, 5) is 20.9. The van der Waals surface area contributed by atoms with Gasteiger partial charge in [-0.05, 0) is 6.07 Å². The van der Waals surface area contributed by atoms with Crippen LogP contribution < -0.4 is 5.73 Å². The second-order valence-electron chi connectivity index (χ2n) is 2.55. The molecule has 0 bridgehead atoms. The van der Waals surface area contributed by atoms with Crippen molar-refractivity contribution in [1.82, 2.24) is 0 Å². The number of amides is 1. The molecule has 0 heterocycles. The van der Waals surface area contributed by atoms with Crippen molar-refractivity contribution in [2.75, 3.05) is 0 Å². The number of hydrogen-bond donors (Lipinski definition) is 1. The molecular weight excluding hydrogens is 222 g/mol. The summed E-state index contributed by atoms with van der Waals surface area (Å²) >= 11 is 5.79. The molecule has 0 radical (unpaired) electrons. The van der Waals surface area contributed by atoms with Crippen LogP contribution in [0.4, 0.5) is 9.59 Å². The van der Waals surface area contributed by atoms with Crippen LogP contribution >= 0.6 is 11.6 Å². The summed E-state index contributed by atoms with van der Waals surface area (Å²) in [5.41, 5.74) is 5.22. The van der Waals surface area contributed by atoms with Crippen molar-refractivity contribution < 1.29 is 19.1 Å². The number of halogens is 1. The van der Waals surface area contributed by atoms with Crippen LogP contribution in [-0.2, 0) is 16.1 Å². The molecule has 0 aromatic heterocycles. The van der Waals surface area contributed by atoms with Gasteiger partial charge >= 0.3 is 12.2 Å². The fraction of sp³-hybridized carbons (Fsp3) is 0.111. The van der Waals surface area contributed by atoms with E-state index in [9.17, 15) is 9.59 Å². The Morgan fingerprint density at radius 3 is 2.60 bits per heavy atom. The van der Waals surface area contributed by atoms with Crippen LogP contribution in [0.5, 0.6) is 0 Å². The van der Waals surface area contributed by atoms with Crippen LogP contribution in [0.1, 0.15) is 5.56 Å². The molecule has 0 atom stereocenters. The number of hydrogen-bond acceptors (Lipinski definition) is 4. The van der Waals surface area contributed by atoms with Gasteiger partial charge in [-0.15, -0.1) is 0 Å². The molecule has 1 aromatic carbocycles. The zero-order valence-electron chi connectivity index (χ0n) is 7.60. The third kappa shape index (κ3) is 3.86. The van der Waals surface area contributed by atoms with Crippen molar-refractivity contribution in [2.45, 2.75) is 6.61 Å². The van der Waals surface area contributed by atoms with E-state index in [4.69, 9.17) is 11.6 Å². The zero-order chi connectivity index (χ0) is 11.3. The summed E-state index contributed by atoms with van der Waals surface area (Å²) < 4.78 is 8.52. The van der Waals surface area contributed by atoms with E-state index in [1.54, 1.807) is 24.3 Å². The smallest absolute Gasteiger partial charge is 0.429 e. The second kappa shape index (κ2) is 5.21. The van der Waals surface area contributed by atoms with Crippen molar-refractivity contribution in [2.24, 2.45) is 5.73 Å². The maximum atomic E-state index is 10.7. The lowest BCUT2D eigenvalue weighted by Crippen LogP contribution is -2.19. The highest BCUT2D eigenvalue weighted by Gasteiger charge is 2.08. The monoisotopic (exact) mass is 229 g/mol. The summed E-state index contributed by atoms with van der Waals surface area (Å²) in [5, 5.41) is 0.462. The Bertz CT molecular complexity index is 380. The number of primary amides is 1. The first-order valence-electron chi connectivity index (χ1n) is 3.97. The Morgan fingerprint density at radius 1 is 1.33 bits per heavy atom. The molecule has 0 spiro atoms. The van der Waals surface area contributed by atoms with Gasteiger partial charge in [0.1, 0.15) is 6.61 Å². The van der Waals surface area contributed by atoms with Crippen molar-refractivity contribution >= 4 is 23.8 Å².